The number of amides is 1. The highest BCUT2D eigenvalue weighted by atomic mass is 16.6. The summed E-state index contributed by atoms with van der Waals surface area (Å²) in [6.07, 6.45) is -0.105. The minimum absolute atomic E-state index is 0.134. The largest absolute Gasteiger partial charge is 0.451 e. The third kappa shape index (κ3) is 5.18. The molecule has 2 atom stereocenters. The predicted molar refractivity (Wildman–Crippen MR) is 108 cm³/mol. The Morgan fingerprint density at radius 3 is 2.52 bits per heavy atom. The molecule has 2 aromatic rings. The quantitative estimate of drug-likeness (QED) is 0.410. The molecular formula is C20H26N4O5. The smallest absolute Gasteiger partial charge is 0.328 e. The summed E-state index contributed by atoms with van der Waals surface area (Å²) in [5.74, 6) is -0.886. The summed E-state index contributed by atoms with van der Waals surface area (Å²) in [6, 6.07) is 7.50. The fourth-order valence-corrected chi connectivity index (χ4v) is 3.01. The lowest BCUT2D eigenvalue weighted by atomic mass is 9.97. The Bertz CT molecular complexity index is 922. The average molecular weight is 402 g/mol. The van der Waals surface area contributed by atoms with E-state index in [1.807, 2.05) is 24.3 Å². The van der Waals surface area contributed by atoms with E-state index in [-0.39, 0.29) is 29.5 Å². The van der Waals surface area contributed by atoms with Crippen molar-refractivity contribution in [2.24, 2.45) is 0 Å². The Hall–Kier alpha value is -3.23. The number of aryl methyl sites for hydroxylation is 1. The lowest BCUT2D eigenvalue weighted by Crippen LogP contribution is -2.31. The fourth-order valence-electron chi connectivity index (χ4n) is 3.01. The SMILES string of the molecule is CC[C@@H](C)c1ccccc1NC(=O)[C@@H](C)OC(=O)Cn1nc(C)c([N+](=O)[O-])c1C. The van der Waals surface area contributed by atoms with Crippen molar-refractivity contribution in [3.05, 3.63) is 51.3 Å². The van der Waals surface area contributed by atoms with Crippen LogP contribution < -0.4 is 5.32 Å². The first kappa shape index (κ1) is 22.1. The van der Waals surface area contributed by atoms with Gasteiger partial charge in [0.1, 0.15) is 17.9 Å². The van der Waals surface area contributed by atoms with Gasteiger partial charge in [0.05, 0.1) is 4.92 Å². The first-order valence-electron chi connectivity index (χ1n) is 9.43. The lowest BCUT2D eigenvalue weighted by Gasteiger charge is -2.18. The maximum absolute atomic E-state index is 12.5. The van der Waals surface area contributed by atoms with Crippen LogP contribution >= 0.6 is 0 Å². The Kier molecular flexibility index (Phi) is 7.08. The molecule has 0 unspecified atom stereocenters. The molecule has 1 aromatic carbocycles. The number of carbonyl (C=O) groups is 2. The van der Waals surface area contributed by atoms with Gasteiger partial charge in [0.15, 0.2) is 6.10 Å². The zero-order valence-electron chi connectivity index (χ0n) is 17.3. The van der Waals surface area contributed by atoms with Crippen molar-refractivity contribution in [2.45, 2.75) is 59.6 Å². The van der Waals surface area contributed by atoms with E-state index in [1.165, 1.54) is 25.5 Å². The van der Waals surface area contributed by atoms with Crippen LogP contribution in [0.2, 0.25) is 0 Å². The molecule has 0 aliphatic heterocycles. The van der Waals surface area contributed by atoms with E-state index < -0.39 is 22.9 Å². The third-order valence-electron chi connectivity index (χ3n) is 4.84. The van der Waals surface area contributed by atoms with Crippen molar-refractivity contribution in [1.82, 2.24) is 9.78 Å². The van der Waals surface area contributed by atoms with Crippen molar-refractivity contribution >= 4 is 23.3 Å². The molecule has 29 heavy (non-hydrogen) atoms. The number of hydrogen-bond acceptors (Lipinski definition) is 6. The molecule has 2 rings (SSSR count). The molecule has 0 radical (unpaired) electrons. The maximum atomic E-state index is 12.5. The van der Waals surface area contributed by atoms with Crippen LogP contribution in [0.5, 0.6) is 0 Å². The second-order valence-corrected chi connectivity index (χ2v) is 6.95. The van der Waals surface area contributed by atoms with Crippen LogP contribution in [0.1, 0.15) is 50.1 Å². The van der Waals surface area contributed by atoms with Crippen LogP contribution in [0.15, 0.2) is 24.3 Å². The van der Waals surface area contributed by atoms with Gasteiger partial charge < -0.3 is 10.1 Å². The summed E-state index contributed by atoms with van der Waals surface area (Å²) in [5.41, 5.74) is 2.03. The summed E-state index contributed by atoms with van der Waals surface area (Å²) in [7, 11) is 0. The normalized spacial score (nSPS) is 12.9. The highest BCUT2D eigenvalue weighted by Gasteiger charge is 2.25. The molecule has 0 fully saturated rings. The second-order valence-electron chi connectivity index (χ2n) is 6.95. The number of nitro groups is 1. The molecule has 0 bridgehead atoms. The van der Waals surface area contributed by atoms with Gasteiger partial charge in [0.25, 0.3) is 5.91 Å². The van der Waals surface area contributed by atoms with E-state index in [4.69, 9.17) is 4.74 Å². The molecule has 9 heteroatoms. The molecule has 0 aliphatic carbocycles. The molecule has 9 nitrogen and oxygen atoms in total. The van der Waals surface area contributed by atoms with Crippen LogP contribution in [0, 0.1) is 24.0 Å². The molecule has 1 N–H and O–H groups in total. The predicted octanol–water partition coefficient (Wildman–Crippen LogP) is 3.49. The van der Waals surface area contributed by atoms with Gasteiger partial charge in [0, 0.05) is 5.69 Å². The molecule has 1 heterocycles. The first-order valence-corrected chi connectivity index (χ1v) is 9.43. The van der Waals surface area contributed by atoms with Crippen molar-refractivity contribution in [3.8, 4) is 0 Å². The number of ether oxygens (including phenoxy) is 1. The molecular weight excluding hydrogens is 376 g/mol. The minimum atomic E-state index is -1.03. The van der Waals surface area contributed by atoms with Gasteiger partial charge in [-0.25, -0.2) is 0 Å². The van der Waals surface area contributed by atoms with Crippen LogP contribution in [0.3, 0.4) is 0 Å². The topological polar surface area (TPSA) is 116 Å². The number of nitrogens with zero attached hydrogens (tertiary/aromatic N) is 3. The molecule has 0 spiro atoms. The maximum Gasteiger partial charge on any atom is 0.328 e. The first-order chi connectivity index (χ1) is 13.6. The van der Waals surface area contributed by atoms with Crippen molar-refractivity contribution in [3.63, 3.8) is 0 Å². The van der Waals surface area contributed by atoms with Crippen LogP contribution in [0.4, 0.5) is 11.4 Å². The summed E-state index contributed by atoms with van der Waals surface area (Å²) >= 11 is 0. The Labute approximate surface area is 169 Å². The molecule has 156 valence electrons. The standard InChI is InChI=1S/C20H26N4O5/c1-6-12(2)16-9-7-8-10-17(16)21-20(26)15(5)29-18(25)11-23-14(4)19(24(27)28)13(3)22-23/h7-10,12,15H,6,11H2,1-5H3,(H,21,26)/t12-,15-/m1/s1. The summed E-state index contributed by atoms with van der Waals surface area (Å²) in [6.45, 7) is 8.30. The highest BCUT2D eigenvalue weighted by molar-refractivity contribution is 5.95. The molecule has 0 saturated carbocycles. The number of aromatic nitrogens is 2. The van der Waals surface area contributed by atoms with Gasteiger partial charge in [-0.2, -0.15) is 5.10 Å². The Morgan fingerprint density at radius 2 is 1.93 bits per heavy atom. The number of para-hydroxylation sites is 1. The number of carbonyl (C=O) groups excluding carboxylic acids is 2. The van der Waals surface area contributed by atoms with Gasteiger partial charge in [0.2, 0.25) is 0 Å². The number of benzene rings is 1. The summed E-state index contributed by atoms with van der Waals surface area (Å²) in [5, 5.41) is 17.9. The van der Waals surface area contributed by atoms with Crippen molar-refractivity contribution in [1.29, 1.82) is 0 Å². The van der Waals surface area contributed by atoms with Gasteiger partial charge in [-0.05, 0) is 44.7 Å². The number of anilines is 1. The van der Waals surface area contributed by atoms with E-state index >= 15 is 0 Å². The third-order valence-corrected chi connectivity index (χ3v) is 4.84. The number of nitrogens with one attached hydrogen (secondary N) is 1. The highest BCUT2D eigenvalue weighted by Crippen LogP contribution is 2.26. The van der Waals surface area contributed by atoms with E-state index in [9.17, 15) is 19.7 Å². The van der Waals surface area contributed by atoms with E-state index in [0.29, 0.717) is 5.69 Å². The lowest BCUT2D eigenvalue weighted by molar-refractivity contribution is -0.386. The van der Waals surface area contributed by atoms with Gasteiger partial charge in [-0.15, -0.1) is 0 Å². The Morgan fingerprint density at radius 1 is 1.28 bits per heavy atom. The van der Waals surface area contributed by atoms with Crippen LogP contribution in [0.25, 0.3) is 0 Å². The van der Waals surface area contributed by atoms with Crippen LogP contribution in [-0.4, -0.2) is 32.7 Å². The van der Waals surface area contributed by atoms with Gasteiger partial charge in [-0.1, -0.05) is 32.0 Å². The number of hydrogen-bond donors (Lipinski definition) is 1. The molecule has 1 aromatic heterocycles. The van der Waals surface area contributed by atoms with Gasteiger partial charge >= 0.3 is 11.7 Å². The molecule has 1 amide bonds. The summed E-state index contributed by atoms with van der Waals surface area (Å²) < 4.78 is 6.40. The zero-order valence-corrected chi connectivity index (χ0v) is 17.3. The average Bonchev–Trinajstić information content (AvgIpc) is 2.94. The minimum Gasteiger partial charge on any atom is -0.451 e. The fraction of sp³-hybridized carbons (Fsp3) is 0.450. The van der Waals surface area contributed by atoms with E-state index in [0.717, 1.165) is 12.0 Å². The Balaban J connectivity index is 2.03. The second kappa shape index (κ2) is 9.31. The van der Waals surface area contributed by atoms with E-state index in [2.05, 4.69) is 24.3 Å². The zero-order chi connectivity index (χ0) is 21.7. The van der Waals surface area contributed by atoms with E-state index in [1.54, 1.807) is 0 Å². The summed E-state index contributed by atoms with van der Waals surface area (Å²) in [4.78, 5) is 35.2. The monoisotopic (exact) mass is 402 g/mol. The molecule has 0 saturated heterocycles. The number of rotatable bonds is 8. The molecule has 0 aliphatic rings. The van der Waals surface area contributed by atoms with Crippen molar-refractivity contribution in [2.75, 3.05) is 5.32 Å². The van der Waals surface area contributed by atoms with Gasteiger partial charge in [-0.3, -0.25) is 24.4 Å². The van der Waals surface area contributed by atoms with Crippen LogP contribution in [-0.2, 0) is 20.9 Å². The number of esters is 1. The van der Waals surface area contributed by atoms with Crippen molar-refractivity contribution < 1.29 is 19.2 Å².